The first-order chi connectivity index (χ1) is 8.64. The van der Waals surface area contributed by atoms with Crippen molar-refractivity contribution in [2.75, 3.05) is 7.11 Å². The molecule has 2 saturated heterocycles. The predicted octanol–water partition coefficient (Wildman–Crippen LogP) is 1.35. The van der Waals surface area contributed by atoms with Crippen LogP contribution in [0.1, 0.15) is 31.2 Å². The van der Waals surface area contributed by atoms with Gasteiger partial charge in [-0.3, -0.25) is 9.19 Å². The average molecular weight is 267 g/mol. The third-order valence-electron chi connectivity index (χ3n) is 4.10. The summed E-state index contributed by atoms with van der Waals surface area (Å²) >= 11 is 0. The second-order valence-electron chi connectivity index (χ2n) is 5.17. The molecule has 3 heterocycles. The van der Waals surface area contributed by atoms with E-state index in [4.69, 9.17) is 4.74 Å². The summed E-state index contributed by atoms with van der Waals surface area (Å²) in [5.74, 6) is 0.666. The van der Waals surface area contributed by atoms with Crippen molar-refractivity contribution in [3.8, 4) is 5.75 Å². The monoisotopic (exact) mass is 267 g/mol. The van der Waals surface area contributed by atoms with Crippen molar-refractivity contribution < 1.29 is 14.1 Å². The van der Waals surface area contributed by atoms with Crippen molar-refractivity contribution in [2.45, 2.75) is 41.8 Å². The average Bonchev–Trinajstić information content (AvgIpc) is 2.63. The third-order valence-corrected chi connectivity index (χ3v) is 6.22. The van der Waals surface area contributed by atoms with Crippen LogP contribution in [0.3, 0.4) is 0 Å². The molecule has 0 amide bonds. The van der Waals surface area contributed by atoms with E-state index in [2.05, 4.69) is 4.98 Å². The Morgan fingerprint density at radius 1 is 1.44 bits per heavy atom. The number of aliphatic hydroxyl groups is 1. The molecule has 1 N–H and O–H groups in total. The number of pyridine rings is 1. The summed E-state index contributed by atoms with van der Waals surface area (Å²) in [6.07, 6.45) is 6.36. The summed E-state index contributed by atoms with van der Waals surface area (Å²) in [5, 5.41) is 11.1. The zero-order valence-electron chi connectivity index (χ0n) is 10.3. The molecule has 1 aromatic rings. The Morgan fingerprint density at radius 3 is 2.72 bits per heavy atom. The number of nitrogens with zero attached hydrogens (tertiary/aromatic N) is 1. The Labute approximate surface area is 109 Å². The normalized spacial score (nSPS) is 38.7. The van der Waals surface area contributed by atoms with E-state index in [0.717, 1.165) is 18.4 Å². The topological polar surface area (TPSA) is 59.4 Å². The standard InChI is InChI=1S/C13H17NO3S/c1-17-12-4-5-14-8-11(12)13(15)6-9-2-3-10(7-13)18(9)16/h4-5,8-10,15H,2-3,6-7H2,1H3. The fraction of sp³-hybridized carbons (Fsp3) is 0.615. The Hall–Kier alpha value is -0.940. The van der Waals surface area contributed by atoms with Crippen LogP contribution in [0.2, 0.25) is 0 Å². The zero-order valence-corrected chi connectivity index (χ0v) is 11.2. The summed E-state index contributed by atoms with van der Waals surface area (Å²) < 4.78 is 17.3. The summed E-state index contributed by atoms with van der Waals surface area (Å²) in [5.41, 5.74) is -0.194. The van der Waals surface area contributed by atoms with Crippen molar-refractivity contribution >= 4 is 10.8 Å². The molecule has 2 aliphatic rings. The van der Waals surface area contributed by atoms with Crippen LogP contribution >= 0.6 is 0 Å². The van der Waals surface area contributed by atoms with Gasteiger partial charge in [-0.15, -0.1) is 0 Å². The lowest BCUT2D eigenvalue weighted by Gasteiger charge is -2.36. The molecule has 2 unspecified atom stereocenters. The summed E-state index contributed by atoms with van der Waals surface area (Å²) in [4.78, 5) is 4.09. The Morgan fingerprint density at radius 2 is 2.11 bits per heavy atom. The fourth-order valence-electron chi connectivity index (χ4n) is 3.21. The molecule has 0 radical (unpaired) electrons. The number of methoxy groups -OCH3 is 1. The van der Waals surface area contributed by atoms with Gasteiger partial charge >= 0.3 is 0 Å². The highest BCUT2D eigenvalue weighted by atomic mass is 32.2. The molecular formula is C13H17NO3S. The van der Waals surface area contributed by atoms with Crippen LogP contribution in [0.5, 0.6) is 5.75 Å². The highest BCUT2D eigenvalue weighted by Gasteiger charge is 2.49. The van der Waals surface area contributed by atoms with Crippen LogP contribution in [0.4, 0.5) is 0 Å². The lowest BCUT2D eigenvalue weighted by molar-refractivity contribution is 0.0159. The first-order valence-corrected chi connectivity index (χ1v) is 7.52. The number of rotatable bonds is 2. The Kier molecular flexibility index (Phi) is 2.90. The van der Waals surface area contributed by atoms with Gasteiger partial charge in [0.25, 0.3) is 0 Å². The zero-order chi connectivity index (χ0) is 12.8. The molecule has 2 fully saturated rings. The number of hydrogen-bond acceptors (Lipinski definition) is 4. The highest BCUT2D eigenvalue weighted by molar-refractivity contribution is 7.86. The predicted molar refractivity (Wildman–Crippen MR) is 68.9 cm³/mol. The van der Waals surface area contributed by atoms with Gasteiger partial charge in [0.1, 0.15) is 5.75 Å². The molecule has 1 aromatic heterocycles. The minimum absolute atomic E-state index is 0.124. The van der Waals surface area contributed by atoms with Crippen molar-refractivity contribution in [3.63, 3.8) is 0 Å². The summed E-state index contributed by atoms with van der Waals surface area (Å²) in [6.45, 7) is 0. The number of aromatic nitrogens is 1. The van der Waals surface area contributed by atoms with Crippen molar-refractivity contribution in [2.24, 2.45) is 0 Å². The van der Waals surface area contributed by atoms with Crippen molar-refractivity contribution in [1.29, 1.82) is 0 Å². The molecule has 2 atom stereocenters. The van der Waals surface area contributed by atoms with E-state index in [9.17, 15) is 9.32 Å². The summed E-state index contributed by atoms with van der Waals surface area (Å²) in [7, 11) is 0.826. The highest BCUT2D eigenvalue weighted by Crippen LogP contribution is 2.47. The van der Waals surface area contributed by atoms with E-state index < -0.39 is 16.4 Å². The molecule has 5 heteroatoms. The molecule has 0 spiro atoms. The Balaban J connectivity index is 1.98. The quantitative estimate of drug-likeness (QED) is 0.878. The van der Waals surface area contributed by atoms with Crippen LogP contribution < -0.4 is 4.74 Å². The molecule has 3 rings (SSSR count). The first kappa shape index (κ1) is 12.1. The van der Waals surface area contributed by atoms with Gasteiger partial charge < -0.3 is 9.84 Å². The largest absolute Gasteiger partial charge is 0.496 e. The maximum atomic E-state index is 12.0. The van der Waals surface area contributed by atoms with Crippen molar-refractivity contribution in [1.82, 2.24) is 4.98 Å². The van der Waals surface area contributed by atoms with Gasteiger partial charge in [0.05, 0.1) is 12.7 Å². The molecule has 0 saturated carbocycles. The fourth-order valence-corrected chi connectivity index (χ4v) is 5.37. The lowest BCUT2D eigenvalue weighted by Crippen LogP contribution is -2.40. The molecule has 0 aromatic carbocycles. The van der Waals surface area contributed by atoms with Gasteiger partial charge in [0.2, 0.25) is 0 Å². The minimum Gasteiger partial charge on any atom is -0.496 e. The maximum absolute atomic E-state index is 12.0. The molecule has 18 heavy (non-hydrogen) atoms. The van der Waals surface area contributed by atoms with Gasteiger partial charge in [0, 0.05) is 39.3 Å². The van der Waals surface area contributed by atoms with Crippen LogP contribution in [0.15, 0.2) is 18.5 Å². The number of ether oxygens (including phenoxy) is 1. The van der Waals surface area contributed by atoms with E-state index in [0.29, 0.717) is 18.6 Å². The Bertz CT molecular complexity index is 475. The van der Waals surface area contributed by atoms with Gasteiger partial charge in [-0.2, -0.15) is 0 Å². The molecular weight excluding hydrogens is 250 g/mol. The smallest absolute Gasteiger partial charge is 0.128 e. The van der Waals surface area contributed by atoms with Crippen LogP contribution in [-0.4, -0.2) is 31.9 Å². The van der Waals surface area contributed by atoms with Crippen LogP contribution in [0, 0.1) is 0 Å². The SMILES string of the molecule is COc1ccncc1C1(O)CC2CCC(C1)S2=O. The van der Waals surface area contributed by atoms with Crippen LogP contribution in [0.25, 0.3) is 0 Å². The maximum Gasteiger partial charge on any atom is 0.128 e. The number of hydrogen-bond donors (Lipinski definition) is 1. The third kappa shape index (κ3) is 1.77. The van der Waals surface area contributed by atoms with E-state index in [-0.39, 0.29) is 10.5 Å². The first-order valence-electron chi connectivity index (χ1n) is 6.24. The van der Waals surface area contributed by atoms with E-state index >= 15 is 0 Å². The molecule has 98 valence electrons. The molecule has 2 bridgehead atoms. The molecule has 0 aliphatic carbocycles. The van der Waals surface area contributed by atoms with E-state index in [1.165, 1.54) is 0 Å². The van der Waals surface area contributed by atoms with E-state index in [1.807, 2.05) is 0 Å². The van der Waals surface area contributed by atoms with Gasteiger partial charge in [0.15, 0.2) is 0 Å². The van der Waals surface area contributed by atoms with Crippen LogP contribution in [-0.2, 0) is 16.4 Å². The molecule has 2 aliphatic heterocycles. The van der Waals surface area contributed by atoms with E-state index in [1.54, 1.807) is 25.6 Å². The second-order valence-corrected chi connectivity index (χ2v) is 7.16. The van der Waals surface area contributed by atoms with Gasteiger partial charge in [-0.05, 0) is 31.7 Å². The molecule has 4 nitrogen and oxygen atoms in total. The number of fused-ring (bicyclic) bond motifs is 2. The second kappa shape index (κ2) is 4.31. The van der Waals surface area contributed by atoms with Gasteiger partial charge in [-0.1, -0.05) is 0 Å². The lowest BCUT2D eigenvalue weighted by atomic mass is 9.86. The van der Waals surface area contributed by atoms with Crippen molar-refractivity contribution in [3.05, 3.63) is 24.0 Å². The minimum atomic E-state index is -0.931. The summed E-state index contributed by atoms with van der Waals surface area (Å²) in [6, 6.07) is 1.76. The van der Waals surface area contributed by atoms with Gasteiger partial charge in [-0.25, -0.2) is 0 Å².